The summed E-state index contributed by atoms with van der Waals surface area (Å²) in [5.41, 5.74) is 1.18. The summed E-state index contributed by atoms with van der Waals surface area (Å²) in [6.07, 6.45) is 5.63. The van der Waals surface area contributed by atoms with Gasteiger partial charge in [0, 0.05) is 5.57 Å². The Kier molecular flexibility index (Phi) is 3.85. The Morgan fingerprint density at radius 3 is 2.62 bits per heavy atom. The summed E-state index contributed by atoms with van der Waals surface area (Å²) in [6.45, 7) is 5.57. The van der Waals surface area contributed by atoms with Gasteiger partial charge < -0.3 is 0 Å². The lowest BCUT2D eigenvalue weighted by Crippen LogP contribution is -2.63. The lowest BCUT2D eigenvalue weighted by atomic mass is 10.3. The third kappa shape index (κ3) is 3.34. The van der Waals surface area contributed by atoms with E-state index in [0.29, 0.717) is 0 Å². The van der Waals surface area contributed by atoms with Gasteiger partial charge in [0.2, 0.25) is 0 Å². The highest BCUT2D eigenvalue weighted by Gasteiger charge is 1.78. The quantitative estimate of drug-likeness (QED) is 0.377. The molecule has 1 N–H and O–H groups in total. The van der Waals surface area contributed by atoms with Crippen molar-refractivity contribution in [2.45, 2.75) is 6.92 Å². The molecule has 0 spiro atoms. The van der Waals surface area contributed by atoms with Gasteiger partial charge in [-0.2, -0.15) is 0 Å². The van der Waals surface area contributed by atoms with Crippen LogP contribution >= 0.6 is 0 Å². The molecule has 8 heavy (non-hydrogen) atoms. The molecule has 0 atom stereocenters. The Balaban J connectivity index is 3.79. The van der Waals surface area contributed by atoms with Crippen LogP contribution in [-0.4, -0.2) is 13.3 Å². The fourth-order valence-electron chi connectivity index (χ4n) is 0.462. The minimum absolute atomic E-state index is 1.18. The van der Waals surface area contributed by atoms with Crippen molar-refractivity contribution >= 4 is 6.21 Å². The van der Waals surface area contributed by atoms with Gasteiger partial charge in [-0.15, -0.1) is 0 Å². The van der Waals surface area contributed by atoms with Crippen molar-refractivity contribution in [2.24, 2.45) is 0 Å². The first kappa shape index (κ1) is 7.15. The molecule has 0 unspecified atom stereocenters. The maximum absolute atomic E-state index is 3.56. The topological polar surface area (TPSA) is 14.0 Å². The van der Waals surface area contributed by atoms with E-state index < -0.39 is 0 Å². The average Bonchev–Trinajstić information content (AvgIpc) is 1.68. The van der Waals surface area contributed by atoms with Gasteiger partial charge in [0.1, 0.15) is 7.05 Å². The van der Waals surface area contributed by atoms with Crippen LogP contribution in [0, 0.1) is 0 Å². The zero-order chi connectivity index (χ0) is 6.41. The highest BCUT2D eigenvalue weighted by molar-refractivity contribution is 5.72. The molecule has 0 aliphatic rings. The third-order valence-corrected chi connectivity index (χ3v) is 0.753. The number of hydrogen-bond donors (Lipinski definition) is 1. The summed E-state index contributed by atoms with van der Waals surface area (Å²) in [7, 11) is 1.88. The minimum atomic E-state index is 1.18. The summed E-state index contributed by atoms with van der Waals surface area (Å²) in [5.74, 6) is 0. The van der Waals surface area contributed by atoms with Crippen molar-refractivity contribution in [3.63, 3.8) is 0 Å². The van der Waals surface area contributed by atoms with E-state index in [-0.39, 0.29) is 0 Å². The maximum Gasteiger partial charge on any atom is 0.164 e. The van der Waals surface area contributed by atoms with Crippen LogP contribution in [0.1, 0.15) is 6.92 Å². The van der Waals surface area contributed by atoms with Gasteiger partial charge in [0.25, 0.3) is 0 Å². The molecule has 0 aliphatic carbocycles. The lowest BCUT2D eigenvalue weighted by molar-refractivity contribution is -0.413. The highest BCUT2D eigenvalue weighted by atomic mass is 14.6. The van der Waals surface area contributed by atoms with Crippen LogP contribution in [0.15, 0.2) is 24.3 Å². The van der Waals surface area contributed by atoms with E-state index in [1.54, 1.807) is 6.08 Å². The summed E-state index contributed by atoms with van der Waals surface area (Å²) >= 11 is 0. The Labute approximate surface area is 50.4 Å². The zero-order valence-electron chi connectivity index (χ0n) is 5.44. The first-order valence-corrected chi connectivity index (χ1v) is 2.61. The summed E-state index contributed by atoms with van der Waals surface area (Å²) in [6, 6.07) is 0. The fourth-order valence-corrected chi connectivity index (χ4v) is 0.462. The molecule has 0 amide bonds. The number of rotatable bonds is 2. The summed E-state index contributed by atoms with van der Waals surface area (Å²) in [4.78, 5) is 2.91. The molecule has 0 radical (unpaired) electrons. The smallest absolute Gasteiger partial charge is 0.164 e. The molecule has 0 saturated carbocycles. The van der Waals surface area contributed by atoms with E-state index >= 15 is 0 Å². The molecule has 0 heterocycles. The number of hydrogen-bond acceptors (Lipinski definition) is 0. The lowest BCUT2D eigenvalue weighted by Gasteiger charge is -1.77. The van der Waals surface area contributed by atoms with E-state index in [2.05, 4.69) is 11.6 Å². The van der Waals surface area contributed by atoms with Crippen molar-refractivity contribution in [1.29, 1.82) is 0 Å². The molecule has 44 valence electrons. The predicted octanol–water partition coefficient (Wildman–Crippen LogP) is -0.100. The summed E-state index contributed by atoms with van der Waals surface area (Å²) < 4.78 is 0. The normalized spacial score (nSPS) is 12.5. The van der Waals surface area contributed by atoms with Crippen molar-refractivity contribution in [3.05, 3.63) is 24.3 Å². The monoisotopic (exact) mass is 110 g/mol. The van der Waals surface area contributed by atoms with Crippen LogP contribution in [-0.2, 0) is 0 Å². The zero-order valence-corrected chi connectivity index (χ0v) is 5.44. The standard InChI is InChI=1S/C7H11N/c1-4-5-7(2)6-8-3/h4-6H,1H2,2-3H3/p+1/b7-5-,8-6?. The van der Waals surface area contributed by atoms with E-state index in [9.17, 15) is 0 Å². The second-order valence-electron chi connectivity index (χ2n) is 1.58. The highest BCUT2D eigenvalue weighted by Crippen LogP contribution is 1.82. The van der Waals surface area contributed by atoms with Gasteiger partial charge in [0.05, 0.1) is 0 Å². The van der Waals surface area contributed by atoms with Gasteiger partial charge in [-0.3, -0.25) is 4.99 Å². The number of allylic oxidation sites excluding steroid dienone is 3. The average molecular weight is 110 g/mol. The second-order valence-corrected chi connectivity index (χ2v) is 1.58. The molecule has 0 aliphatic heterocycles. The Morgan fingerprint density at radius 1 is 1.62 bits per heavy atom. The van der Waals surface area contributed by atoms with E-state index in [1.807, 2.05) is 26.3 Å². The molecular weight excluding hydrogens is 98.1 g/mol. The van der Waals surface area contributed by atoms with Crippen LogP contribution in [0.5, 0.6) is 0 Å². The van der Waals surface area contributed by atoms with Gasteiger partial charge in [-0.05, 0) is 6.92 Å². The van der Waals surface area contributed by atoms with Crippen LogP contribution in [0.25, 0.3) is 0 Å². The summed E-state index contributed by atoms with van der Waals surface area (Å²) in [5, 5.41) is 0. The van der Waals surface area contributed by atoms with Crippen molar-refractivity contribution in [2.75, 3.05) is 7.05 Å². The molecule has 1 nitrogen and oxygen atoms in total. The van der Waals surface area contributed by atoms with Crippen molar-refractivity contribution in [3.8, 4) is 0 Å². The SMILES string of the molecule is C=C/C=C(/C)C=[NH+]C. The van der Waals surface area contributed by atoms with Crippen molar-refractivity contribution < 1.29 is 4.99 Å². The molecule has 0 saturated heterocycles. The first-order valence-electron chi connectivity index (χ1n) is 2.61. The van der Waals surface area contributed by atoms with Gasteiger partial charge in [-0.1, -0.05) is 18.7 Å². The van der Waals surface area contributed by atoms with E-state index in [4.69, 9.17) is 0 Å². The first-order chi connectivity index (χ1) is 3.81. The molecular formula is C7H12N+. The molecule has 0 bridgehead atoms. The van der Waals surface area contributed by atoms with Crippen molar-refractivity contribution in [1.82, 2.24) is 0 Å². The number of nitrogens with one attached hydrogen (secondary N) is 1. The minimum Gasteiger partial charge on any atom is -0.251 e. The van der Waals surface area contributed by atoms with Crippen LogP contribution in [0.3, 0.4) is 0 Å². The Bertz CT molecular complexity index is 120. The van der Waals surface area contributed by atoms with Crippen LogP contribution in [0.4, 0.5) is 0 Å². The molecule has 0 aromatic heterocycles. The molecule has 0 fully saturated rings. The van der Waals surface area contributed by atoms with E-state index in [0.717, 1.165) is 0 Å². The van der Waals surface area contributed by atoms with Crippen LogP contribution in [0.2, 0.25) is 0 Å². The van der Waals surface area contributed by atoms with Crippen LogP contribution < -0.4 is 4.99 Å². The molecule has 0 rings (SSSR count). The molecule has 1 heteroatoms. The largest absolute Gasteiger partial charge is 0.251 e. The van der Waals surface area contributed by atoms with Gasteiger partial charge >= 0.3 is 0 Å². The predicted molar refractivity (Wildman–Crippen MR) is 36.9 cm³/mol. The molecule has 0 aromatic carbocycles. The molecule has 0 aromatic rings. The van der Waals surface area contributed by atoms with E-state index in [1.165, 1.54) is 5.57 Å². The maximum atomic E-state index is 3.56. The second kappa shape index (κ2) is 4.31. The Hall–Kier alpha value is -0.850. The third-order valence-electron chi connectivity index (χ3n) is 0.753. The van der Waals surface area contributed by atoms with Gasteiger partial charge in [0.15, 0.2) is 6.21 Å². The Morgan fingerprint density at radius 2 is 2.25 bits per heavy atom. The van der Waals surface area contributed by atoms with Gasteiger partial charge in [-0.25, -0.2) is 0 Å². The fraction of sp³-hybridized carbons (Fsp3) is 0.286.